The van der Waals surface area contributed by atoms with Crippen molar-refractivity contribution in [3.8, 4) is 10.4 Å². The molecule has 2 aliphatic heterocycles. The number of hydrogen-bond acceptors (Lipinski definition) is 3. The summed E-state index contributed by atoms with van der Waals surface area (Å²) in [5.74, 6) is 0.375. The van der Waals surface area contributed by atoms with E-state index in [0.717, 1.165) is 72.7 Å². The van der Waals surface area contributed by atoms with Crippen LogP contribution in [0.4, 0.5) is 4.39 Å². The van der Waals surface area contributed by atoms with Crippen molar-refractivity contribution >= 4 is 17.2 Å². The number of piperidine rings is 1. The maximum absolute atomic E-state index is 14.9. The number of benzene rings is 1. The van der Waals surface area contributed by atoms with Crippen LogP contribution in [0.5, 0.6) is 0 Å². The number of amides is 1. The quantitative estimate of drug-likeness (QED) is 0.748. The molecule has 0 spiro atoms. The third-order valence-electron chi connectivity index (χ3n) is 5.95. The molecular weight excluding hydrogens is 359 g/mol. The van der Waals surface area contributed by atoms with Gasteiger partial charge in [-0.1, -0.05) is 12.1 Å². The Morgan fingerprint density at radius 2 is 1.81 bits per heavy atom. The van der Waals surface area contributed by atoms with Crippen molar-refractivity contribution in [3.05, 3.63) is 46.1 Å². The van der Waals surface area contributed by atoms with Crippen LogP contribution in [-0.2, 0) is 0 Å². The van der Waals surface area contributed by atoms with Crippen molar-refractivity contribution in [1.29, 1.82) is 0 Å². The van der Waals surface area contributed by atoms with E-state index in [4.69, 9.17) is 0 Å². The summed E-state index contributed by atoms with van der Waals surface area (Å²) in [5.41, 5.74) is 2.66. The monoisotopic (exact) mass is 386 g/mol. The second-order valence-electron chi connectivity index (χ2n) is 7.94. The highest BCUT2D eigenvalue weighted by Crippen LogP contribution is 2.36. The van der Waals surface area contributed by atoms with Crippen LogP contribution in [-0.4, -0.2) is 48.9 Å². The van der Waals surface area contributed by atoms with Crippen molar-refractivity contribution in [2.75, 3.05) is 33.2 Å². The molecule has 1 aromatic heterocycles. The third kappa shape index (κ3) is 3.81. The van der Waals surface area contributed by atoms with Gasteiger partial charge >= 0.3 is 0 Å². The molecular formula is C22H27FN2OS. The van der Waals surface area contributed by atoms with E-state index in [9.17, 15) is 9.18 Å². The number of halogens is 1. The molecule has 3 heterocycles. The number of carbonyl (C=O) groups is 1. The summed E-state index contributed by atoms with van der Waals surface area (Å²) < 4.78 is 14.9. The summed E-state index contributed by atoms with van der Waals surface area (Å²) in [7, 11) is 2.14. The normalized spacial score (nSPS) is 19.0. The zero-order valence-corrected chi connectivity index (χ0v) is 16.9. The first-order valence-corrected chi connectivity index (χ1v) is 10.7. The van der Waals surface area contributed by atoms with Crippen molar-refractivity contribution in [3.63, 3.8) is 0 Å². The average Bonchev–Trinajstić information content (AvgIpc) is 3.32. The Balaban J connectivity index is 1.56. The summed E-state index contributed by atoms with van der Waals surface area (Å²) in [4.78, 5) is 18.6. The van der Waals surface area contributed by atoms with Gasteiger partial charge in [0, 0.05) is 23.5 Å². The number of thiophene rings is 1. The molecule has 27 heavy (non-hydrogen) atoms. The Labute approximate surface area is 164 Å². The van der Waals surface area contributed by atoms with Gasteiger partial charge in [-0.15, -0.1) is 11.3 Å². The van der Waals surface area contributed by atoms with Gasteiger partial charge in [-0.05, 0) is 81.9 Å². The molecule has 2 aromatic rings. The molecule has 1 amide bonds. The molecule has 1 aromatic carbocycles. The number of nitrogens with zero attached hydrogens (tertiary/aromatic N) is 2. The van der Waals surface area contributed by atoms with Gasteiger partial charge in [0.2, 0.25) is 0 Å². The van der Waals surface area contributed by atoms with E-state index in [1.54, 1.807) is 6.07 Å². The van der Waals surface area contributed by atoms with Crippen molar-refractivity contribution < 1.29 is 9.18 Å². The van der Waals surface area contributed by atoms with Crippen molar-refractivity contribution in [1.82, 2.24) is 9.80 Å². The largest absolute Gasteiger partial charge is 0.338 e. The fraction of sp³-hybridized carbons (Fsp3) is 0.500. The summed E-state index contributed by atoms with van der Waals surface area (Å²) in [6.07, 6.45) is 4.33. The van der Waals surface area contributed by atoms with E-state index in [-0.39, 0.29) is 11.7 Å². The first-order chi connectivity index (χ1) is 13.0. The molecule has 0 atom stereocenters. The molecule has 0 saturated carbocycles. The van der Waals surface area contributed by atoms with Gasteiger partial charge in [0.1, 0.15) is 5.82 Å². The maximum Gasteiger partial charge on any atom is 0.264 e. The van der Waals surface area contributed by atoms with E-state index in [1.807, 2.05) is 24.0 Å². The molecule has 5 heteroatoms. The lowest BCUT2D eigenvalue weighted by molar-refractivity contribution is 0.0797. The molecule has 3 nitrogen and oxygen atoms in total. The zero-order chi connectivity index (χ0) is 19.0. The van der Waals surface area contributed by atoms with Crippen molar-refractivity contribution in [2.24, 2.45) is 0 Å². The average molecular weight is 387 g/mol. The van der Waals surface area contributed by atoms with Crippen LogP contribution in [0.15, 0.2) is 24.3 Å². The molecule has 0 N–H and O–H groups in total. The first-order valence-electron chi connectivity index (χ1n) is 9.91. The standard InChI is InChI=1S/C22H27FN2OS/c1-15-13-20(27-21(15)22(26)25-9-3-4-10-25)18-6-5-17(14-19(18)23)16-7-11-24(2)12-8-16/h5-6,13-14,16H,3-4,7-12H2,1-2H3. The minimum absolute atomic E-state index is 0.101. The number of likely N-dealkylation sites (tertiary alicyclic amines) is 2. The van der Waals surface area contributed by atoms with Crippen LogP contribution in [0.1, 0.15) is 52.4 Å². The van der Waals surface area contributed by atoms with Gasteiger partial charge in [-0.2, -0.15) is 0 Å². The maximum atomic E-state index is 14.9. The summed E-state index contributed by atoms with van der Waals surface area (Å²) in [5, 5.41) is 0. The molecule has 0 bridgehead atoms. The highest BCUT2D eigenvalue weighted by Gasteiger charge is 2.24. The Morgan fingerprint density at radius 1 is 1.11 bits per heavy atom. The first kappa shape index (κ1) is 18.6. The van der Waals surface area contributed by atoms with E-state index in [0.29, 0.717) is 11.5 Å². The third-order valence-corrected chi connectivity index (χ3v) is 7.21. The van der Waals surface area contributed by atoms with Gasteiger partial charge < -0.3 is 9.80 Å². The molecule has 0 aliphatic carbocycles. The highest BCUT2D eigenvalue weighted by molar-refractivity contribution is 7.17. The molecule has 4 rings (SSSR count). The van der Waals surface area contributed by atoms with Gasteiger partial charge in [0.25, 0.3) is 5.91 Å². The second-order valence-corrected chi connectivity index (χ2v) is 8.99. The van der Waals surface area contributed by atoms with Crippen LogP contribution < -0.4 is 0 Å². The number of hydrogen-bond donors (Lipinski definition) is 0. The molecule has 144 valence electrons. The Kier molecular flexibility index (Phi) is 5.33. The van der Waals surface area contributed by atoms with Crippen LogP contribution in [0.3, 0.4) is 0 Å². The second kappa shape index (κ2) is 7.72. The van der Waals surface area contributed by atoms with Crippen LogP contribution >= 0.6 is 11.3 Å². The Morgan fingerprint density at radius 3 is 2.48 bits per heavy atom. The zero-order valence-electron chi connectivity index (χ0n) is 16.1. The molecule has 0 radical (unpaired) electrons. The predicted octanol–water partition coefficient (Wildman–Crippen LogP) is 4.91. The smallest absolute Gasteiger partial charge is 0.264 e. The molecule has 2 saturated heterocycles. The minimum Gasteiger partial charge on any atom is -0.338 e. The number of aryl methyl sites for hydroxylation is 1. The number of rotatable bonds is 3. The Bertz CT molecular complexity index is 833. The molecule has 2 fully saturated rings. The summed E-state index contributed by atoms with van der Waals surface area (Å²) in [6, 6.07) is 7.65. The lowest BCUT2D eigenvalue weighted by Gasteiger charge is -2.29. The fourth-order valence-corrected chi connectivity index (χ4v) is 5.39. The predicted molar refractivity (Wildman–Crippen MR) is 109 cm³/mol. The number of carbonyl (C=O) groups excluding carboxylic acids is 1. The minimum atomic E-state index is -0.173. The van der Waals surface area contributed by atoms with Crippen LogP contribution in [0, 0.1) is 12.7 Å². The van der Waals surface area contributed by atoms with Gasteiger partial charge in [-0.25, -0.2) is 4.39 Å². The lowest BCUT2D eigenvalue weighted by atomic mass is 9.89. The van der Waals surface area contributed by atoms with E-state index < -0.39 is 0 Å². The molecule has 2 aliphatic rings. The van der Waals surface area contributed by atoms with Crippen LogP contribution in [0.25, 0.3) is 10.4 Å². The van der Waals surface area contributed by atoms with E-state index in [1.165, 1.54) is 11.3 Å². The van der Waals surface area contributed by atoms with Crippen LogP contribution in [0.2, 0.25) is 0 Å². The summed E-state index contributed by atoms with van der Waals surface area (Å²) in [6.45, 7) is 5.77. The topological polar surface area (TPSA) is 23.6 Å². The van der Waals surface area contributed by atoms with E-state index >= 15 is 0 Å². The highest BCUT2D eigenvalue weighted by atomic mass is 32.1. The lowest BCUT2D eigenvalue weighted by Crippen LogP contribution is -2.29. The van der Waals surface area contributed by atoms with Gasteiger partial charge in [-0.3, -0.25) is 4.79 Å². The van der Waals surface area contributed by atoms with Gasteiger partial charge in [0.15, 0.2) is 0 Å². The van der Waals surface area contributed by atoms with Crippen molar-refractivity contribution in [2.45, 2.75) is 38.5 Å². The van der Waals surface area contributed by atoms with Gasteiger partial charge in [0.05, 0.1) is 4.88 Å². The van der Waals surface area contributed by atoms with E-state index in [2.05, 4.69) is 18.0 Å². The Hall–Kier alpha value is -1.72. The fourth-order valence-electron chi connectivity index (χ4n) is 4.22. The SMILES string of the molecule is Cc1cc(-c2ccc(C3CCN(C)CC3)cc2F)sc1C(=O)N1CCCC1. The summed E-state index contributed by atoms with van der Waals surface area (Å²) >= 11 is 1.43. The molecule has 0 unspecified atom stereocenters.